The molecule has 3 heterocycles. The van der Waals surface area contributed by atoms with E-state index in [2.05, 4.69) is 66.6 Å². The van der Waals surface area contributed by atoms with Crippen LogP contribution in [0.15, 0.2) is 161 Å². The summed E-state index contributed by atoms with van der Waals surface area (Å²) in [6.07, 6.45) is 12.0. The first-order chi connectivity index (χ1) is 25.2. The normalized spacial score (nSPS) is 12.0. The highest BCUT2D eigenvalue weighted by Crippen LogP contribution is 2.39. The maximum atomic E-state index is 6.42. The third-order valence-corrected chi connectivity index (χ3v) is 9.16. The molecule has 3 aromatic heterocycles. The molecule has 0 amide bonds. The molecular weight excluding hydrogens is 627 g/mol. The molecule has 0 fully saturated rings. The molecule has 5 heteroatoms. The number of furan rings is 2. The van der Waals surface area contributed by atoms with Gasteiger partial charge in [-0.15, -0.1) is 6.42 Å². The summed E-state index contributed by atoms with van der Waals surface area (Å²) in [5.74, 6) is 4.48. The molecular formula is C46H29N3O2. The molecule has 0 atom stereocenters. The lowest BCUT2D eigenvalue weighted by atomic mass is 9.96. The Balaban J connectivity index is 1.26. The van der Waals surface area contributed by atoms with Crippen molar-refractivity contribution < 1.29 is 8.83 Å². The Kier molecular flexibility index (Phi) is 7.34. The van der Waals surface area contributed by atoms with Crippen molar-refractivity contribution in [2.75, 3.05) is 0 Å². The fourth-order valence-electron chi connectivity index (χ4n) is 6.67. The number of aromatic nitrogens is 3. The second-order valence-electron chi connectivity index (χ2n) is 12.3. The van der Waals surface area contributed by atoms with E-state index in [1.807, 2.05) is 97.9 Å². The van der Waals surface area contributed by atoms with Gasteiger partial charge in [0.25, 0.3) is 0 Å². The number of rotatable bonds is 6. The monoisotopic (exact) mass is 655 g/mol. The Bertz CT molecular complexity index is 2870. The molecule has 6 aromatic carbocycles. The average molecular weight is 656 g/mol. The molecule has 0 saturated carbocycles. The van der Waals surface area contributed by atoms with Gasteiger partial charge in [-0.25, -0.2) is 15.0 Å². The largest absolute Gasteiger partial charge is 0.456 e. The maximum Gasteiger partial charge on any atom is 0.164 e. The van der Waals surface area contributed by atoms with E-state index in [0.29, 0.717) is 23.1 Å². The minimum atomic E-state index is 0.498. The first-order valence-electron chi connectivity index (χ1n) is 16.8. The third kappa shape index (κ3) is 5.36. The van der Waals surface area contributed by atoms with Crippen LogP contribution < -0.4 is 0 Å². The first kappa shape index (κ1) is 30.1. The number of hydrogen-bond acceptors (Lipinski definition) is 5. The zero-order valence-corrected chi connectivity index (χ0v) is 27.7. The van der Waals surface area contributed by atoms with Gasteiger partial charge in [0.15, 0.2) is 17.5 Å². The van der Waals surface area contributed by atoms with E-state index in [9.17, 15) is 0 Å². The van der Waals surface area contributed by atoms with E-state index >= 15 is 0 Å². The molecule has 9 aromatic rings. The molecule has 0 spiro atoms. The van der Waals surface area contributed by atoms with Crippen molar-refractivity contribution in [1.82, 2.24) is 15.0 Å². The smallest absolute Gasteiger partial charge is 0.164 e. The lowest BCUT2D eigenvalue weighted by Crippen LogP contribution is -2.00. The zero-order valence-electron chi connectivity index (χ0n) is 27.7. The van der Waals surface area contributed by atoms with E-state index < -0.39 is 0 Å². The summed E-state index contributed by atoms with van der Waals surface area (Å²) in [4.78, 5) is 15.2. The second-order valence-corrected chi connectivity index (χ2v) is 12.3. The fraction of sp³-hybridized carbons (Fsp3) is 0.0217. The third-order valence-electron chi connectivity index (χ3n) is 9.16. The maximum absolute atomic E-state index is 6.42. The Hall–Kier alpha value is -7.03. The van der Waals surface area contributed by atoms with Crippen molar-refractivity contribution in [2.24, 2.45) is 0 Å². The van der Waals surface area contributed by atoms with Crippen LogP contribution in [0.4, 0.5) is 0 Å². The van der Waals surface area contributed by atoms with Crippen LogP contribution in [-0.2, 0) is 0 Å². The summed E-state index contributed by atoms with van der Waals surface area (Å²) in [6.45, 7) is 1.97. The summed E-state index contributed by atoms with van der Waals surface area (Å²) in [6, 6.07) is 44.8. The molecule has 0 aliphatic heterocycles. The lowest BCUT2D eigenvalue weighted by Gasteiger charge is -2.11. The molecule has 0 aliphatic rings. The number of hydrogen-bond donors (Lipinski definition) is 0. The van der Waals surface area contributed by atoms with Crippen molar-refractivity contribution in [3.8, 4) is 57.6 Å². The minimum absolute atomic E-state index is 0.498. The Morgan fingerprint density at radius 3 is 1.82 bits per heavy atom. The minimum Gasteiger partial charge on any atom is -0.456 e. The van der Waals surface area contributed by atoms with Gasteiger partial charge in [0.05, 0.1) is 0 Å². The van der Waals surface area contributed by atoms with Gasteiger partial charge >= 0.3 is 0 Å². The van der Waals surface area contributed by atoms with Crippen LogP contribution in [0, 0.1) is 12.3 Å². The van der Waals surface area contributed by atoms with Crippen molar-refractivity contribution in [3.05, 3.63) is 157 Å². The SMILES string of the molecule is C#C/C(=C\C=C/C)c1cc(-c2nc(-c3ccc(-c4ccccc4)cc3)nc(-c3ccc4c(c3)oc3ccccc34)n2)cc2oc3ccccc3c12. The number of terminal acetylenes is 1. The van der Waals surface area contributed by atoms with E-state index in [0.717, 1.165) is 77.2 Å². The van der Waals surface area contributed by atoms with Crippen LogP contribution in [0.1, 0.15) is 12.5 Å². The van der Waals surface area contributed by atoms with Gasteiger partial charge in [-0.2, -0.15) is 0 Å². The van der Waals surface area contributed by atoms with E-state index in [4.69, 9.17) is 30.2 Å². The van der Waals surface area contributed by atoms with Crippen molar-refractivity contribution in [2.45, 2.75) is 6.92 Å². The molecule has 0 bridgehead atoms. The Morgan fingerprint density at radius 1 is 0.529 bits per heavy atom. The second kappa shape index (κ2) is 12.5. The first-order valence-corrected chi connectivity index (χ1v) is 16.8. The van der Waals surface area contributed by atoms with Gasteiger partial charge in [-0.05, 0) is 60.5 Å². The lowest BCUT2D eigenvalue weighted by molar-refractivity contribution is 0.668. The van der Waals surface area contributed by atoms with Crippen molar-refractivity contribution in [1.29, 1.82) is 0 Å². The van der Waals surface area contributed by atoms with Crippen LogP contribution in [0.25, 0.3) is 94.7 Å². The quantitative estimate of drug-likeness (QED) is 0.132. The van der Waals surface area contributed by atoms with Gasteiger partial charge in [-0.1, -0.05) is 115 Å². The Morgan fingerprint density at radius 2 is 1.08 bits per heavy atom. The van der Waals surface area contributed by atoms with Crippen molar-refractivity contribution >= 4 is 49.5 Å². The van der Waals surface area contributed by atoms with Crippen molar-refractivity contribution in [3.63, 3.8) is 0 Å². The summed E-state index contributed by atoms with van der Waals surface area (Å²) in [5, 5.41) is 4.04. The van der Waals surface area contributed by atoms with Gasteiger partial charge in [0.2, 0.25) is 0 Å². The summed E-state index contributed by atoms with van der Waals surface area (Å²) in [7, 11) is 0. The molecule has 9 rings (SSSR count). The predicted molar refractivity (Wildman–Crippen MR) is 208 cm³/mol. The Labute approximate surface area is 294 Å². The summed E-state index contributed by atoms with van der Waals surface area (Å²) in [5.41, 5.74) is 9.37. The van der Waals surface area contributed by atoms with Crippen LogP contribution >= 0.6 is 0 Å². The van der Waals surface area contributed by atoms with Gasteiger partial charge in [0.1, 0.15) is 22.3 Å². The van der Waals surface area contributed by atoms with Gasteiger partial charge < -0.3 is 8.83 Å². The highest BCUT2D eigenvalue weighted by Gasteiger charge is 2.19. The molecule has 5 nitrogen and oxygen atoms in total. The van der Waals surface area contributed by atoms with E-state index in [1.54, 1.807) is 0 Å². The average Bonchev–Trinajstić information content (AvgIpc) is 3.76. The van der Waals surface area contributed by atoms with Gasteiger partial charge in [-0.3, -0.25) is 0 Å². The molecule has 0 radical (unpaired) electrons. The zero-order chi connectivity index (χ0) is 34.3. The number of nitrogens with zero attached hydrogens (tertiary/aromatic N) is 3. The van der Waals surface area contributed by atoms with Crippen LogP contribution in [0.5, 0.6) is 0 Å². The van der Waals surface area contributed by atoms with Crippen LogP contribution in [0.2, 0.25) is 0 Å². The van der Waals surface area contributed by atoms with E-state index in [-0.39, 0.29) is 0 Å². The molecule has 0 unspecified atom stereocenters. The molecule has 51 heavy (non-hydrogen) atoms. The summed E-state index contributed by atoms with van der Waals surface area (Å²) >= 11 is 0. The topological polar surface area (TPSA) is 65.0 Å². The summed E-state index contributed by atoms with van der Waals surface area (Å²) < 4.78 is 12.7. The fourth-order valence-corrected chi connectivity index (χ4v) is 6.67. The number of fused-ring (bicyclic) bond motifs is 6. The molecule has 240 valence electrons. The molecule has 0 saturated heterocycles. The van der Waals surface area contributed by atoms with Crippen LogP contribution in [-0.4, -0.2) is 15.0 Å². The van der Waals surface area contributed by atoms with Crippen LogP contribution in [0.3, 0.4) is 0 Å². The highest BCUT2D eigenvalue weighted by atomic mass is 16.3. The molecule has 0 N–H and O–H groups in total. The number of benzene rings is 6. The highest BCUT2D eigenvalue weighted by molar-refractivity contribution is 6.13. The molecule has 0 aliphatic carbocycles. The number of allylic oxidation sites excluding steroid dienone is 4. The predicted octanol–water partition coefficient (Wildman–Crippen LogP) is 11.9. The number of para-hydroxylation sites is 2. The van der Waals surface area contributed by atoms with E-state index in [1.165, 1.54) is 0 Å². The van der Waals surface area contributed by atoms with Gasteiger partial charge in [0, 0.05) is 49.4 Å². The standard InChI is InChI=1S/C46H29N3O2/c1-3-5-13-29(4-2)38-26-34(28-42-43(38)37-17-10-12-19-40(37)51-42)46-48-44(32-22-20-31(21-23-32)30-14-7-6-8-15-30)47-45(49-46)33-24-25-36-35-16-9-11-18-39(35)50-41(36)27-33/h2-3,5-28H,1H3/b5-3-,29-13+.